The summed E-state index contributed by atoms with van der Waals surface area (Å²) in [4.78, 5) is 11.7. The van der Waals surface area contributed by atoms with Gasteiger partial charge in [-0.25, -0.2) is 0 Å². The summed E-state index contributed by atoms with van der Waals surface area (Å²) >= 11 is 0. The average Bonchev–Trinajstić information content (AvgIpc) is 3.13. The minimum atomic E-state index is 0.308. The first-order chi connectivity index (χ1) is 8.30. The molecule has 3 aliphatic rings. The van der Waals surface area contributed by atoms with Crippen molar-refractivity contribution in [2.24, 2.45) is 17.3 Å². The summed E-state index contributed by atoms with van der Waals surface area (Å²) in [5.74, 6) is 1.33. The smallest absolute Gasteiger partial charge is 0.223 e. The van der Waals surface area contributed by atoms with Crippen LogP contribution in [-0.4, -0.2) is 25.5 Å². The van der Waals surface area contributed by atoms with Gasteiger partial charge in [0.2, 0.25) is 5.91 Å². The fourth-order valence-electron chi connectivity index (χ4n) is 3.70. The number of carbonyl (C=O) groups is 1. The van der Waals surface area contributed by atoms with E-state index in [2.05, 4.69) is 10.6 Å². The van der Waals surface area contributed by atoms with Crippen LogP contribution in [0.5, 0.6) is 0 Å². The molecular weight excluding hydrogens is 212 g/mol. The van der Waals surface area contributed by atoms with Crippen LogP contribution >= 0.6 is 0 Å². The molecule has 1 saturated heterocycles. The largest absolute Gasteiger partial charge is 0.356 e. The lowest BCUT2D eigenvalue weighted by atomic mass is 9.68. The van der Waals surface area contributed by atoms with Crippen molar-refractivity contribution in [1.82, 2.24) is 10.6 Å². The first-order valence-electron chi connectivity index (χ1n) is 7.29. The molecule has 0 bridgehead atoms. The molecular formula is C14H24N2O. The lowest BCUT2D eigenvalue weighted by molar-refractivity contribution is -0.122. The Kier molecular flexibility index (Phi) is 3.12. The molecule has 96 valence electrons. The second-order valence-electron chi connectivity index (χ2n) is 6.27. The lowest BCUT2D eigenvalue weighted by Gasteiger charge is -2.38. The summed E-state index contributed by atoms with van der Waals surface area (Å²) in [6, 6.07) is 0. The molecule has 1 unspecified atom stereocenters. The Bertz CT molecular complexity index is 293. The fourth-order valence-corrected chi connectivity index (χ4v) is 3.70. The quantitative estimate of drug-likeness (QED) is 0.783. The second kappa shape index (κ2) is 4.60. The molecule has 2 saturated carbocycles. The van der Waals surface area contributed by atoms with Gasteiger partial charge in [0.15, 0.2) is 0 Å². The summed E-state index contributed by atoms with van der Waals surface area (Å²) in [5.41, 5.74) is 0.509. The molecule has 0 radical (unpaired) electrons. The molecule has 2 aliphatic carbocycles. The van der Waals surface area contributed by atoms with Crippen LogP contribution in [0.4, 0.5) is 0 Å². The maximum atomic E-state index is 11.7. The zero-order valence-electron chi connectivity index (χ0n) is 10.6. The van der Waals surface area contributed by atoms with Gasteiger partial charge >= 0.3 is 0 Å². The van der Waals surface area contributed by atoms with E-state index in [0.29, 0.717) is 23.2 Å². The third-order valence-corrected chi connectivity index (χ3v) is 5.05. The first-order valence-corrected chi connectivity index (χ1v) is 7.29. The Hall–Kier alpha value is -0.570. The molecule has 3 heteroatoms. The van der Waals surface area contributed by atoms with E-state index in [4.69, 9.17) is 0 Å². The Balaban J connectivity index is 1.55. The maximum Gasteiger partial charge on any atom is 0.223 e. The fraction of sp³-hybridized carbons (Fsp3) is 0.929. The van der Waals surface area contributed by atoms with Crippen LogP contribution in [0.3, 0.4) is 0 Å². The van der Waals surface area contributed by atoms with Gasteiger partial charge in [-0.1, -0.05) is 19.3 Å². The van der Waals surface area contributed by atoms with Crippen molar-refractivity contribution >= 4 is 5.91 Å². The molecule has 1 spiro atoms. The van der Waals surface area contributed by atoms with Gasteiger partial charge in [0.25, 0.3) is 0 Å². The van der Waals surface area contributed by atoms with Gasteiger partial charge in [-0.05, 0) is 37.0 Å². The molecule has 1 atom stereocenters. The van der Waals surface area contributed by atoms with E-state index in [1.54, 1.807) is 0 Å². The number of hydrogen-bond acceptors (Lipinski definition) is 2. The van der Waals surface area contributed by atoms with Crippen molar-refractivity contribution in [1.29, 1.82) is 0 Å². The second-order valence-corrected chi connectivity index (χ2v) is 6.27. The molecule has 3 nitrogen and oxygen atoms in total. The standard InChI is InChI=1S/C14H24N2O/c17-13(11-4-5-11)16-9-12-8-15-10-14(12)6-2-1-3-7-14/h11-12,15H,1-10H2,(H,16,17). The molecule has 17 heavy (non-hydrogen) atoms. The molecule has 0 aromatic rings. The van der Waals surface area contributed by atoms with E-state index in [1.807, 2.05) is 0 Å². The monoisotopic (exact) mass is 236 g/mol. The topological polar surface area (TPSA) is 41.1 Å². The molecule has 3 fully saturated rings. The molecule has 1 heterocycles. The highest BCUT2D eigenvalue weighted by Gasteiger charge is 2.43. The number of carbonyl (C=O) groups excluding carboxylic acids is 1. The van der Waals surface area contributed by atoms with Gasteiger partial charge in [-0.15, -0.1) is 0 Å². The van der Waals surface area contributed by atoms with Gasteiger partial charge < -0.3 is 10.6 Å². The highest BCUT2D eigenvalue weighted by molar-refractivity contribution is 5.80. The van der Waals surface area contributed by atoms with E-state index >= 15 is 0 Å². The van der Waals surface area contributed by atoms with Crippen molar-refractivity contribution in [3.05, 3.63) is 0 Å². The number of amides is 1. The summed E-state index contributed by atoms with van der Waals surface area (Å²) in [7, 11) is 0. The normalized spacial score (nSPS) is 31.6. The van der Waals surface area contributed by atoms with Crippen LogP contribution in [0.2, 0.25) is 0 Å². The van der Waals surface area contributed by atoms with Crippen molar-refractivity contribution in [3.8, 4) is 0 Å². The third kappa shape index (κ3) is 2.35. The van der Waals surface area contributed by atoms with E-state index < -0.39 is 0 Å². The van der Waals surface area contributed by atoms with Crippen LogP contribution in [0.1, 0.15) is 44.9 Å². The Morgan fingerprint density at radius 2 is 2.00 bits per heavy atom. The minimum Gasteiger partial charge on any atom is -0.356 e. The van der Waals surface area contributed by atoms with Gasteiger partial charge in [-0.2, -0.15) is 0 Å². The van der Waals surface area contributed by atoms with Crippen LogP contribution < -0.4 is 10.6 Å². The summed E-state index contributed by atoms with van der Waals surface area (Å²) < 4.78 is 0. The van der Waals surface area contributed by atoms with E-state index in [0.717, 1.165) is 25.9 Å². The minimum absolute atomic E-state index is 0.308. The Morgan fingerprint density at radius 3 is 2.71 bits per heavy atom. The third-order valence-electron chi connectivity index (χ3n) is 5.05. The van der Waals surface area contributed by atoms with Gasteiger partial charge in [-0.3, -0.25) is 4.79 Å². The summed E-state index contributed by atoms with van der Waals surface area (Å²) in [6.45, 7) is 3.18. The predicted molar refractivity (Wildman–Crippen MR) is 67.6 cm³/mol. The SMILES string of the molecule is O=C(NCC1CNCC12CCCCC2)C1CC1. The predicted octanol–water partition coefficient (Wildman–Crippen LogP) is 1.68. The van der Waals surface area contributed by atoms with Crippen molar-refractivity contribution in [2.75, 3.05) is 19.6 Å². The van der Waals surface area contributed by atoms with Crippen LogP contribution in [0.25, 0.3) is 0 Å². The van der Waals surface area contributed by atoms with Crippen LogP contribution in [-0.2, 0) is 4.79 Å². The van der Waals surface area contributed by atoms with Gasteiger partial charge in [0, 0.05) is 25.6 Å². The van der Waals surface area contributed by atoms with Crippen molar-refractivity contribution < 1.29 is 4.79 Å². The molecule has 1 aliphatic heterocycles. The zero-order chi connectivity index (χ0) is 11.7. The number of hydrogen-bond donors (Lipinski definition) is 2. The van der Waals surface area contributed by atoms with Gasteiger partial charge in [0.05, 0.1) is 0 Å². The maximum absolute atomic E-state index is 11.7. The van der Waals surface area contributed by atoms with E-state index in [9.17, 15) is 4.79 Å². The molecule has 1 amide bonds. The van der Waals surface area contributed by atoms with Gasteiger partial charge in [0.1, 0.15) is 0 Å². The zero-order valence-corrected chi connectivity index (χ0v) is 10.6. The van der Waals surface area contributed by atoms with E-state index in [1.165, 1.54) is 38.6 Å². The number of rotatable bonds is 3. The van der Waals surface area contributed by atoms with E-state index in [-0.39, 0.29) is 0 Å². The Labute approximate surface area is 104 Å². The Morgan fingerprint density at radius 1 is 1.24 bits per heavy atom. The molecule has 2 N–H and O–H groups in total. The van der Waals surface area contributed by atoms with Crippen molar-refractivity contribution in [2.45, 2.75) is 44.9 Å². The number of nitrogens with one attached hydrogen (secondary N) is 2. The van der Waals surface area contributed by atoms with Crippen LogP contribution in [0.15, 0.2) is 0 Å². The van der Waals surface area contributed by atoms with Crippen LogP contribution in [0, 0.1) is 17.3 Å². The lowest BCUT2D eigenvalue weighted by Crippen LogP contribution is -2.40. The summed E-state index contributed by atoms with van der Waals surface area (Å²) in [5, 5.41) is 6.73. The average molecular weight is 236 g/mol. The van der Waals surface area contributed by atoms with Crippen molar-refractivity contribution in [3.63, 3.8) is 0 Å². The first kappa shape index (κ1) is 11.5. The molecule has 0 aromatic carbocycles. The highest BCUT2D eigenvalue weighted by atomic mass is 16.2. The molecule has 3 rings (SSSR count). The molecule has 0 aromatic heterocycles. The highest BCUT2D eigenvalue weighted by Crippen LogP contribution is 2.44. The summed E-state index contributed by atoms with van der Waals surface area (Å²) in [6.07, 6.45) is 9.13.